The molecule has 1 N–H and O–H groups in total. The molecule has 1 amide bonds. The van der Waals surface area contributed by atoms with Gasteiger partial charge in [-0.25, -0.2) is 0 Å². The first-order valence-corrected chi connectivity index (χ1v) is 7.53. The van der Waals surface area contributed by atoms with E-state index in [1.165, 1.54) is 0 Å². The minimum absolute atomic E-state index is 0.167. The van der Waals surface area contributed by atoms with Crippen molar-refractivity contribution in [1.29, 1.82) is 0 Å². The summed E-state index contributed by atoms with van der Waals surface area (Å²) in [4.78, 5) is 16.2. The Labute approximate surface area is 138 Å². The number of nitrogens with zero attached hydrogens (tertiary/aromatic N) is 3. The van der Waals surface area contributed by atoms with E-state index in [-0.39, 0.29) is 5.91 Å². The molecule has 0 radical (unpaired) electrons. The van der Waals surface area contributed by atoms with Crippen molar-refractivity contribution in [3.63, 3.8) is 0 Å². The van der Waals surface area contributed by atoms with Crippen LogP contribution in [0.1, 0.15) is 21.5 Å². The maximum atomic E-state index is 12.1. The summed E-state index contributed by atoms with van der Waals surface area (Å²) >= 11 is 6.13. The monoisotopic (exact) mass is 326 g/mol. The molecule has 0 aliphatic carbocycles. The van der Waals surface area contributed by atoms with Gasteiger partial charge in [0.05, 0.1) is 18.3 Å². The molecular formula is C17H15ClN4O. The number of carbonyl (C=O) groups excluding carboxylic acids is 1. The molecule has 2 aromatic heterocycles. The number of hydrogen-bond acceptors (Lipinski definition) is 3. The van der Waals surface area contributed by atoms with Crippen molar-refractivity contribution in [3.8, 4) is 0 Å². The van der Waals surface area contributed by atoms with E-state index >= 15 is 0 Å². The number of halogens is 1. The lowest BCUT2D eigenvalue weighted by Crippen LogP contribution is -2.22. The Morgan fingerprint density at radius 2 is 2.04 bits per heavy atom. The van der Waals surface area contributed by atoms with Crippen LogP contribution < -0.4 is 5.32 Å². The number of amides is 1. The van der Waals surface area contributed by atoms with Crippen molar-refractivity contribution in [2.45, 2.75) is 13.1 Å². The zero-order chi connectivity index (χ0) is 16.1. The molecule has 2 heterocycles. The lowest BCUT2D eigenvalue weighted by atomic mass is 10.2. The first-order valence-electron chi connectivity index (χ1n) is 7.15. The highest BCUT2D eigenvalue weighted by molar-refractivity contribution is 6.31. The van der Waals surface area contributed by atoms with E-state index in [2.05, 4.69) is 15.4 Å². The van der Waals surface area contributed by atoms with Gasteiger partial charge in [-0.05, 0) is 23.3 Å². The second kappa shape index (κ2) is 7.07. The van der Waals surface area contributed by atoms with Crippen molar-refractivity contribution < 1.29 is 4.79 Å². The zero-order valence-electron chi connectivity index (χ0n) is 12.3. The third-order valence-corrected chi connectivity index (χ3v) is 3.73. The SMILES string of the molecule is O=C(NCc1cccnc1)c1cnn(Cc2ccccc2Cl)c1. The quantitative estimate of drug-likeness (QED) is 0.784. The number of nitrogens with one attached hydrogen (secondary N) is 1. The van der Waals surface area contributed by atoms with E-state index in [1.54, 1.807) is 29.5 Å². The van der Waals surface area contributed by atoms with Crippen molar-refractivity contribution in [3.05, 3.63) is 82.9 Å². The Hall–Kier alpha value is -2.66. The Bertz CT molecular complexity index is 801. The maximum Gasteiger partial charge on any atom is 0.254 e. The number of carbonyl (C=O) groups is 1. The summed E-state index contributed by atoms with van der Waals surface area (Å²) < 4.78 is 1.69. The first kappa shape index (κ1) is 15.2. The van der Waals surface area contributed by atoms with Crippen LogP contribution in [-0.4, -0.2) is 20.7 Å². The normalized spacial score (nSPS) is 10.5. The highest BCUT2D eigenvalue weighted by Crippen LogP contribution is 2.16. The van der Waals surface area contributed by atoms with Gasteiger partial charge in [0.25, 0.3) is 5.91 Å². The molecule has 0 saturated heterocycles. The van der Waals surface area contributed by atoms with Gasteiger partial charge in [-0.3, -0.25) is 14.5 Å². The van der Waals surface area contributed by atoms with Crippen LogP contribution in [0, 0.1) is 0 Å². The van der Waals surface area contributed by atoms with E-state index in [0.29, 0.717) is 23.7 Å². The minimum Gasteiger partial charge on any atom is -0.348 e. The summed E-state index contributed by atoms with van der Waals surface area (Å²) in [6, 6.07) is 11.3. The Kier molecular flexibility index (Phi) is 4.68. The standard InChI is InChI=1S/C17H15ClN4O/c18-16-6-2-1-5-14(16)11-22-12-15(10-21-22)17(23)20-9-13-4-3-7-19-8-13/h1-8,10,12H,9,11H2,(H,20,23). The zero-order valence-corrected chi connectivity index (χ0v) is 13.1. The number of aromatic nitrogens is 3. The summed E-state index contributed by atoms with van der Waals surface area (Å²) in [6.45, 7) is 0.956. The van der Waals surface area contributed by atoms with Gasteiger partial charge >= 0.3 is 0 Å². The van der Waals surface area contributed by atoms with Crippen LogP contribution in [0.4, 0.5) is 0 Å². The van der Waals surface area contributed by atoms with Gasteiger partial charge in [0.1, 0.15) is 0 Å². The lowest BCUT2D eigenvalue weighted by Gasteiger charge is -2.04. The molecule has 1 aromatic carbocycles. The smallest absolute Gasteiger partial charge is 0.254 e. The fourth-order valence-electron chi connectivity index (χ4n) is 2.16. The summed E-state index contributed by atoms with van der Waals surface area (Å²) in [6.07, 6.45) is 6.68. The molecule has 116 valence electrons. The molecule has 3 rings (SSSR count). The van der Waals surface area contributed by atoms with Gasteiger partial charge in [0.2, 0.25) is 0 Å². The highest BCUT2D eigenvalue weighted by atomic mass is 35.5. The van der Waals surface area contributed by atoms with Crippen LogP contribution in [0.25, 0.3) is 0 Å². The number of benzene rings is 1. The van der Waals surface area contributed by atoms with Gasteiger partial charge in [-0.1, -0.05) is 35.9 Å². The van der Waals surface area contributed by atoms with Gasteiger partial charge in [-0.2, -0.15) is 5.10 Å². The Morgan fingerprint density at radius 3 is 2.83 bits per heavy atom. The molecule has 3 aromatic rings. The first-order chi connectivity index (χ1) is 11.2. The van der Waals surface area contributed by atoms with Gasteiger partial charge in [-0.15, -0.1) is 0 Å². The van der Waals surface area contributed by atoms with E-state index in [4.69, 9.17) is 11.6 Å². The third kappa shape index (κ3) is 3.96. The highest BCUT2D eigenvalue weighted by Gasteiger charge is 2.09. The average Bonchev–Trinajstić information content (AvgIpc) is 3.04. The molecule has 0 saturated carbocycles. The predicted octanol–water partition coefficient (Wildman–Crippen LogP) is 2.91. The molecule has 6 heteroatoms. The minimum atomic E-state index is -0.167. The van der Waals surface area contributed by atoms with E-state index in [0.717, 1.165) is 11.1 Å². The maximum absolute atomic E-state index is 12.1. The summed E-state index contributed by atoms with van der Waals surface area (Å²) in [5.41, 5.74) is 2.42. The molecule has 0 fully saturated rings. The van der Waals surface area contributed by atoms with Gasteiger partial charge in [0.15, 0.2) is 0 Å². The summed E-state index contributed by atoms with van der Waals surface area (Å²) in [5.74, 6) is -0.167. The number of rotatable bonds is 5. The fraction of sp³-hybridized carbons (Fsp3) is 0.118. The van der Waals surface area contributed by atoms with Crippen LogP contribution in [0.2, 0.25) is 5.02 Å². The van der Waals surface area contributed by atoms with E-state index < -0.39 is 0 Å². The van der Waals surface area contributed by atoms with Crippen LogP contribution in [0.15, 0.2) is 61.2 Å². The van der Waals surface area contributed by atoms with Crippen LogP contribution >= 0.6 is 11.6 Å². The van der Waals surface area contributed by atoms with Crippen molar-refractivity contribution in [2.24, 2.45) is 0 Å². The summed E-state index contributed by atoms with van der Waals surface area (Å²) in [7, 11) is 0. The molecule has 5 nitrogen and oxygen atoms in total. The lowest BCUT2D eigenvalue weighted by molar-refractivity contribution is 0.0951. The molecule has 0 unspecified atom stereocenters. The Balaban J connectivity index is 1.62. The topological polar surface area (TPSA) is 59.8 Å². The van der Waals surface area contributed by atoms with Crippen LogP contribution in [-0.2, 0) is 13.1 Å². The van der Waals surface area contributed by atoms with Crippen molar-refractivity contribution >= 4 is 17.5 Å². The Morgan fingerprint density at radius 1 is 1.17 bits per heavy atom. The average molecular weight is 327 g/mol. The van der Waals surface area contributed by atoms with Crippen molar-refractivity contribution in [1.82, 2.24) is 20.1 Å². The summed E-state index contributed by atoms with van der Waals surface area (Å²) in [5, 5.41) is 7.74. The number of pyridine rings is 1. The fourth-order valence-corrected chi connectivity index (χ4v) is 2.35. The molecule has 0 atom stereocenters. The van der Waals surface area contributed by atoms with Crippen molar-refractivity contribution in [2.75, 3.05) is 0 Å². The van der Waals surface area contributed by atoms with Gasteiger partial charge < -0.3 is 5.32 Å². The molecule has 0 spiro atoms. The van der Waals surface area contributed by atoms with Gasteiger partial charge in [0, 0.05) is 30.2 Å². The second-order valence-corrected chi connectivity index (χ2v) is 5.47. The van der Waals surface area contributed by atoms with Crippen LogP contribution in [0.5, 0.6) is 0 Å². The second-order valence-electron chi connectivity index (χ2n) is 5.06. The van der Waals surface area contributed by atoms with Crippen LogP contribution in [0.3, 0.4) is 0 Å². The molecule has 23 heavy (non-hydrogen) atoms. The van der Waals surface area contributed by atoms with E-state index in [1.807, 2.05) is 36.4 Å². The molecular weight excluding hydrogens is 312 g/mol. The molecule has 0 aliphatic heterocycles. The third-order valence-electron chi connectivity index (χ3n) is 3.36. The largest absolute Gasteiger partial charge is 0.348 e. The predicted molar refractivity (Wildman–Crippen MR) is 88.2 cm³/mol. The van der Waals surface area contributed by atoms with E-state index in [9.17, 15) is 4.79 Å². The molecule has 0 bridgehead atoms. The molecule has 0 aliphatic rings. The number of hydrogen-bond donors (Lipinski definition) is 1.